The summed E-state index contributed by atoms with van der Waals surface area (Å²) in [7, 11) is 0. The van der Waals surface area contributed by atoms with Gasteiger partial charge in [-0.1, -0.05) is 0 Å². The Morgan fingerprint density at radius 3 is 2.71 bits per heavy atom. The molecule has 0 bridgehead atoms. The summed E-state index contributed by atoms with van der Waals surface area (Å²) in [6.45, 7) is 4.26. The van der Waals surface area contributed by atoms with Crippen LogP contribution in [0.15, 0.2) is 37.7 Å². The van der Waals surface area contributed by atoms with Crippen molar-refractivity contribution in [2.45, 2.75) is 33.1 Å². The number of rotatable bonds is 7. The minimum Gasteiger partial charge on any atom is -0.469 e. The minimum absolute atomic E-state index is 0.0579. The Morgan fingerprint density at radius 1 is 1.12 bits per heavy atom. The van der Waals surface area contributed by atoms with Crippen LogP contribution in [0.2, 0.25) is 0 Å². The normalized spacial score (nSPS) is 10.9. The number of furan rings is 2. The van der Waals surface area contributed by atoms with Gasteiger partial charge in [0.1, 0.15) is 17.3 Å². The van der Waals surface area contributed by atoms with Crippen molar-refractivity contribution in [2.24, 2.45) is 0 Å². The van der Waals surface area contributed by atoms with Crippen LogP contribution in [0.3, 0.4) is 0 Å². The van der Waals surface area contributed by atoms with Crippen molar-refractivity contribution in [1.82, 2.24) is 15.5 Å². The first-order valence-corrected chi connectivity index (χ1v) is 7.80. The first-order chi connectivity index (χ1) is 11.6. The maximum absolute atomic E-state index is 11.9. The van der Waals surface area contributed by atoms with E-state index in [1.807, 2.05) is 26.0 Å². The Bertz CT molecular complexity index is 815. The third-order valence-corrected chi connectivity index (χ3v) is 3.61. The number of hydrogen-bond donors (Lipinski definition) is 1. The number of carbonyl (C=O) groups is 1. The second-order valence-corrected chi connectivity index (χ2v) is 5.50. The molecule has 0 spiro atoms. The van der Waals surface area contributed by atoms with Crippen molar-refractivity contribution >= 4 is 5.91 Å². The molecule has 0 saturated heterocycles. The van der Waals surface area contributed by atoms with Crippen LogP contribution in [0, 0.1) is 13.8 Å². The molecule has 3 aromatic rings. The molecule has 3 aromatic heterocycles. The molecule has 7 nitrogen and oxygen atoms in total. The van der Waals surface area contributed by atoms with E-state index in [1.165, 1.54) is 0 Å². The molecule has 0 saturated carbocycles. The molecule has 3 heterocycles. The fraction of sp³-hybridized carbons (Fsp3) is 0.353. The van der Waals surface area contributed by atoms with E-state index in [9.17, 15) is 4.79 Å². The lowest BCUT2D eigenvalue weighted by Crippen LogP contribution is -2.25. The maximum Gasteiger partial charge on any atom is 0.251 e. The predicted molar refractivity (Wildman–Crippen MR) is 85.2 cm³/mol. The van der Waals surface area contributed by atoms with Gasteiger partial charge in [-0.3, -0.25) is 4.79 Å². The van der Waals surface area contributed by atoms with Gasteiger partial charge >= 0.3 is 0 Å². The highest BCUT2D eigenvalue weighted by Gasteiger charge is 2.13. The largest absolute Gasteiger partial charge is 0.469 e. The molecule has 0 radical (unpaired) electrons. The smallest absolute Gasteiger partial charge is 0.251 e. The molecule has 0 fully saturated rings. The summed E-state index contributed by atoms with van der Waals surface area (Å²) >= 11 is 0. The molecule has 0 aliphatic carbocycles. The fourth-order valence-electron chi connectivity index (χ4n) is 2.32. The number of aryl methyl sites for hydroxylation is 3. The molecule has 24 heavy (non-hydrogen) atoms. The van der Waals surface area contributed by atoms with Crippen LogP contribution in [0.25, 0.3) is 11.5 Å². The molecule has 3 rings (SSSR count). The average Bonchev–Trinajstić information content (AvgIpc) is 3.27. The lowest BCUT2D eigenvalue weighted by atomic mass is 10.2. The fourth-order valence-corrected chi connectivity index (χ4v) is 2.32. The summed E-state index contributed by atoms with van der Waals surface area (Å²) < 4.78 is 16.2. The molecule has 0 atom stereocenters. The molecular weight excluding hydrogens is 310 g/mol. The highest BCUT2D eigenvalue weighted by Crippen LogP contribution is 2.22. The average molecular weight is 329 g/mol. The van der Waals surface area contributed by atoms with E-state index in [1.54, 1.807) is 12.3 Å². The van der Waals surface area contributed by atoms with Crippen molar-refractivity contribution in [3.05, 3.63) is 47.6 Å². The first kappa shape index (κ1) is 16.0. The predicted octanol–water partition coefficient (Wildman–Crippen LogP) is 2.83. The quantitative estimate of drug-likeness (QED) is 0.716. The van der Waals surface area contributed by atoms with Crippen molar-refractivity contribution < 1.29 is 18.0 Å². The standard InChI is InChI=1S/C17H19N3O4/c1-11-3-4-13(23-11)7-9-18-15(21)5-6-16-19-20-17(24-16)14-8-10-22-12(14)2/h3-4,8,10H,5-7,9H2,1-2H3,(H,18,21). The third-order valence-electron chi connectivity index (χ3n) is 3.61. The van der Waals surface area contributed by atoms with Gasteiger partial charge in [-0.2, -0.15) is 0 Å². The summed E-state index contributed by atoms with van der Waals surface area (Å²) in [6.07, 6.45) is 2.94. The number of aromatic nitrogens is 2. The Balaban J connectivity index is 1.43. The second-order valence-electron chi connectivity index (χ2n) is 5.50. The molecule has 0 aromatic carbocycles. The summed E-state index contributed by atoms with van der Waals surface area (Å²) in [5.41, 5.74) is 0.770. The molecule has 0 aliphatic rings. The third kappa shape index (κ3) is 3.92. The summed E-state index contributed by atoms with van der Waals surface area (Å²) in [6, 6.07) is 5.60. The molecule has 126 valence electrons. The Morgan fingerprint density at radius 2 is 2.00 bits per heavy atom. The SMILES string of the molecule is Cc1ccc(CCNC(=O)CCc2nnc(-c3ccoc3C)o2)o1. The van der Waals surface area contributed by atoms with E-state index in [0.29, 0.717) is 37.6 Å². The zero-order chi connectivity index (χ0) is 16.9. The van der Waals surface area contributed by atoms with Crippen molar-refractivity contribution in [2.75, 3.05) is 6.54 Å². The highest BCUT2D eigenvalue weighted by atomic mass is 16.4. The highest BCUT2D eigenvalue weighted by molar-refractivity contribution is 5.76. The van der Waals surface area contributed by atoms with Crippen LogP contribution in [0.4, 0.5) is 0 Å². The summed E-state index contributed by atoms with van der Waals surface area (Å²) in [4.78, 5) is 11.9. The van der Waals surface area contributed by atoms with Gasteiger partial charge in [-0.25, -0.2) is 0 Å². The Labute approximate surface area is 139 Å². The molecule has 1 amide bonds. The zero-order valence-electron chi connectivity index (χ0n) is 13.7. The van der Waals surface area contributed by atoms with Crippen LogP contribution in [-0.2, 0) is 17.6 Å². The number of amides is 1. The van der Waals surface area contributed by atoms with Gasteiger partial charge in [0.15, 0.2) is 0 Å². The number of nitrogens with zero attached hydrogens (tertiary/aromatic N) is 2. The Kier molecular flexibility index (Phi) is 4.79. The van der Waals surface area contributed by atoms with E-state index in [4.69, 9.17) is 13.3 Å². The van der Waals surface area contributed by atoms with Gasteiger partial charge in [0, 0.05) is 25.8 Å². The topological polar surface area (TPSA) is 94.3 Å². The number of hydrogen-bond acceptors (Lipinski definition) is 6. The molecule has 0 aliphatic heterocycles. The van der Waals surface area contributed by atoms with Gasteiger partial charge < -0.3 is 18.6 Å². The monoisotopic (exact) mass is 329 g/mol. The van der Waals surface area contributed by atoms with Gasteiger partial charge in [0.2, 0.25) is 11.8 Å². The minimum atomic E-state index is -0.0579. The van der Waals surface area contributed by atoms with Crippen LogP contribution < -0.4 is 5.32 Å². The van der Waals surface area contributed by atoms with E-state index in [-0.39, 0.29) is 5.91 Å². The van der Waals surface area contributed by atoms with Crippen LogP contribution >= 0.6 is 0 Å². The number of nitrogens with one attached hydrogen (secondary N) is 1. The van der Waals surface area contributed by atoms with Crippen molar-refractivity contribution in [3.8, 4) is 11.5 Å². The van der Waals surface area contributed by atoms with Crippen molar-refractivity contribution in [3.63, 3.8) is 0 Å². The lowest BCUT2D eigenvalue weighted by molar-refractivity contribution is -0.121. The molecule has 1 N–H and O–H groups in total. The second kappa shape index (κ2) is 7.16. The van der Waals surface area contributed by atoms with Crippen LogP contribution in [-0.4, -0.2) is 22.6 Å². The summed E-state index contributed by atoms with van der Waals surface area (Å²) in [5, 5.41) is 10.8. The maximum atomic E-state index is 11.9. The van der Waals surface area contributed by atoms with Crippen molar-refractivity contribution in [1.29, 1.82) is 0 Å². The first-order valence-electron chi connectivity index (χ1n) is 7.80. The van der Waals surface area contributed by atoms with E-state index in [2.05, 4.69) is 15.5 Å². The van der Waals surface area contributed by atoms with Crippen LogP contribution in [0.1, 0.15) is 29.6 Å². The van der Waals surface area contributed by atoms with E-state index >= 15 is 0 Å². The summed E-state index contributed by atoms with van der Waals surface area (Å²) in [5.74, 6) is 3.24. The zero-order valence-corrected chi connectivity index (χ0v) is 13.7. The Hall–Kier alpha value is -2.83. The number of carbonyl (C=O) groups excluding carboxylic acids is 1. The molecule has 0 unspecified atom stereocenters. The van der Waals surface area contributed by atoms with Gasteiger partial charge in [0.25, 0.3) is 5.89 Å². The van der Waals surface area contributed by atoms with Gasteiger partial charge in [0.05, 0.1) is 11.8 Å². The van der Waals surface area contributed by atoms with E-state index in [0.717, 1.165) is 22.8 Å². The van der Waals surface area contributed by atoms with Gasteiger partial charge in [-0.05, 0) is 32.0 Å². The van der Waals surface area contributed by atoms with Crippen LogP contribution in [0.5, 0.6) is 0 Å². The van der Waals surface area contributed by atoms with Gasteiger partial charge in [-0.15, -0.1) is 10.2 Å². The lowest BCUT2D eigenvalue weighted by Gasteiger charge is -2.02. The molecular formula is C17H19N3O4. The molecule has 7 heteroatoms. The van der Waals surface area contributed by atoms with E-state index < -0.39 is 0 Å².